The lowest BCUT2D eigenvalue weighted by molar-refractivity contribution is 1.33. The van der Waals surface area contributed by atoms with Crippen molar-refractivity contribution in [3.05, 3.63) is 152 Å². The van der Waals surface area contributed by atoms with E-state index >= 15 is 0 Å². The minimum Gasteiger partial charge on any atom is -0.265 e. The van der Waals surface area contributed by atoms with E-state index in [2.05, 4.69) is 102 Å². The second-order valence-electron chi connectivity index (χ2n) is 6.49. The van der Waals surface area contributed by atoms with Gasteiger partial charge in [-0.25, -0.2) is 0 Å². The van der Waals surface area contributed by atoms with Crippen molar-refractivity contribution in [2.75, 3.05) is 0 Å². The number of hydrogen-bond acceptors (Lipinski definition) is 1. The number of pyridine rings is 1. The van der Waals surface area contributed by atoms with Crippen LogP contribution in [0, 0.1) is 0 Å². The smallest absolute Gasteiger partial charge is 0.0267 e. The molecule has 0 saturated carbocycles. The molecule has 0 aliphatic rings. The van der Waals surface area contributed by atoms with E-state index < -0.39 is 0 Å². The van der Waals surface area contributed by atoms with Crippen LogP contribution in [0.15, 0.2) is 152 Å². The van der Waals surface area contributed by atoms with Crippen molar-refractivity contribution in [2.45, 2.75) is 0 Å². The summed E-state index contributed by atoms with van der Waals surface area (Å²) in [7, 11) is 0. The van der Waals surface area contributed by atoms with Gasteiger partial charge in [-0.05, 0) is 34.4 Å². The molecular weight excluding hydrogens is 362 g/mol. The Labute approximate surface area is 179 Å². The highest BCUT2D eigenvalue weighted by atomic mass is 14.6. The van der Waals surface area contributed by atoms with Crippen molar-refractivity contribution in [2.24, 2.45) is 0 Å². The molecule has 146 valence electrons. The zero-order valence-corrected chi connectivity index (χ0v) is 16.9. The molecule has 5 aromatic rings. The molecule has 5 rings (SSSR count). The second kappa shape index (κ2) is 12.5. The quantitative estimate of drug-likeness (QED) is 0.301. The Morgan fingerprint density at radius 2 is 0.500 bits per heavy atom. The fraction of sp³-hybridized carbons (Fsp3) is 0. The maximum atomic E-state index is 3.78. The molecule has 0 fully saturated rings. The minimum absolute atomic E-state index is 1.28. The molecule has 1 heterocycles. The summed E-state index contributed by atoms with van der Waals surface area (Å²) < 4.78 is 0. The Kier molecular flexibility index (Phi) is 8.64. The average Bonchev–Trinajstić information content (AvgIpc) is 2.88. The summed E-state index contributed by atoms with van der Waals surface area (Å²) in [4.78, 5) is 3.78. The maximum absolute atomic E-state index is 3.78. The van der Waals surface area contributed by atoms with Gasteiger partial charge in [0.2, 0.25) is 0 Å². The fourth-order valence-corrected chi connectivity index (χ4v) is 2.84. The highest BCUT2D eigenvalue weighted by Gasteiger charge is 1.92. The number of aromatic nitrogens is 1. The van der Waals surface area contributed by atoms with Crippen LogP contribution >= 0.6 is 0 Å². The van der Waals surface area contributed by atoms with E-state index in [9.17, 15) is 0 Å². The molecule has 0 aliphatic carbocycles. The van der Waals surface area contributed by atoms with Crippen LogP contribution in [0.3, 0.4) is 0 Å². The summed E-state index contributed by atoms with van der Waals surface area (Å²) in [5.41, 5.74) is 5.10. The first-order valence-electron chi connectivity index (χ1n) is 9.99. The molecule has 0 saturated heterocycles. The van der Waals surface area contributed by atoms with Crippen LogP contribution in [0.1, 0.15) is 0 Å². The highest BCUT2D eigenvalue weighted by Crippen LogP contribution is 2.18. The van der Waals surface area contributed by atoms with Gasteiger partial charge in [0.1, 0.15) is 0 Å². The average molecular weight is 388 g/mol. The van der Waals surface area contributed by atoms with Gasteiger partial charge in [0.05, 0.1) is 0 Å². The van der Waals surface area contributed by atoms with E-state index in [4.69, 9.17) is 0 Å². The summed E-state index contributed by atoms with van der Waals surface area (Å²) in [5.74, 6) is 0. The Morgan fingerprint density at radius 3 is 0.667 bits per heavy atom. The Bertz CT molecular complexity index is 869. The third-order valence-corrected chi connectivity index (χ3v) is 4.33. The molecule has 0 N–H and O–H groups in total. The summed E-state index contributed by atoms with van der Waals surface area (Å²) in [6, 6.07) is 47.3. The van der Waals surface area contributed by atoms with E-state index in [1.165, 1.54) is 22.3 Å². The molecule has 1 aromatic heterocycles. The summed E-state index contributed by atoms with van der Waals surface area (Å²) >= 11 is 0. The van der Waals surface area contributed by atoms with Gasteiger partial charge in [0.15, 0.2) is 0 Å². The van der Waals surface area contributed by atoms with Crippen molar-refractivity contribution >= 4 is 0 Å². The Balaban J connectivity index is 0.000000136. The van der Waals surface area contributed by atoms with Gasteiger partial charge >= 0.3 is 0 Å². The number of nitrogens with zero attached hydrogens (tertiary/aromatic N) is 1. The van der Waals surface area contributed by atoms with E-state index in [-0.39, 0.29) is 0 Å². The monoisotopic (exact) mass is 387 g/mol. The van der Waals surface area contributed by atoms with Crippen molar-refractivity contribution in [3.8, 4) is 22.3 Å². The number of benzene rings is 4. The fourth-order valence-electron chi connectivity index (χ4n) is 2.84. The first-order valence-corrected chi connectivity index (χ1v) is 9.99. The van der Waals surface area contributed by atoms with E-state index in [1.54, 1.807) is 12.4 Å². The van der Waals surface area contributed by atoms with Gasteiger partial charge in [0, 0.05) is 12.4 Å². The van der Waals surface area contributed by atoms with E-state index in [0.29, 0.717) is 0 Å². The highest BCUT2D eigenvalue weighted by molar-refractivity contribution is 5.63. The van der Waals surface area contributed by atoms with Crippen LogP contribution in [-0.2, 0) is 0 Å². The van der Waals surface area contributed by atoms with Gasteiger partial charge in [-0.3, -0.25) is 4.98 Å². The molecule has 0 amide bonds. The molecule has 30 heavy (non-hydrogen) atoms. The minimum atomic E-state index is 1.28. The zero-order valence-electron chi connectivity index (χ0n) is 16.9. The lowest BCUT2D eigenvalue weighted by Crippen LogP contribution is -1.73. The van der Waals surface area contributed by atoms with Crippen LogP contribution in [0.25, 0.3) is 22.3 Å². The largest absolute Gasteiger partial charge is 0.265 e. The van der Waals surface area contributed by atoms with Crippen LogP contribution in [0.2, 0.25) is 0 Å². The van der Waals surface area contributed by atoms with Crippen molar-refractivity contribution in [1.82, 2.24) is 4.98 Å². The predicted octanol–water partition coefficient (Wildman–Crippen LogP) is 7.79. The predicted molar refractivity (Wildman–Crippen MR) is 128 cm³/mol. The topological polar surface area (TPSA) is 12.9 Å². The third kappa shape index (κ3) is 7.21. The summed E-state index contributed by atoms with van der Waals surface area (Å²) in [5, 5.41) is 0. The molecule has 0 aliphatic heterocycles. The van der Waals surface area contributed by atoms with Crippen LogP contribution in [0.5, 0.6) is 0 Å². The molecule has 1 nitrogen and oxygen atoms in total. The molecule has 4 aromatic carbocycles. The maximum Gasteiger partial charge on any atom is 0.0267 e. The van der Waals surface area contributed by atoms with E-state index in [0.717, 1.165) is 0 Å². The van der Waals surface area contributed by atoms with Crippen molar-refractivity contribution < 1.29 is 0 Å². The lowest BCUT2D eigenvalue weighted by atomic mass is 10.1. The number of rotatable bonds is 2. The molecule has 0 radical (unpaired) electrons. The lowest BCUT2D eigenvalue weighted by Gasteiger charge is -1.98. The Morgan fingerprint density at radius 1 is 0.267 bits per heavy atom. The molecule has 0 unspecified atom stereocenters. The first-order chi connectivity index (χ1) is 14.9. The third-order valence-electron chi connectivity index (χ3n) is 4.33. The standard InChI is InChI=1S/2C12H10.C5H5N/c2*1-3-7-11(8-4-1)12-9-5-2-6-10-12;1-2-4-6-5-3-1/h2*1-10H;1-5H. The van der Waals surface area contributed by atoms with Crippen molar-refractivity contribution in [3.63, 3.8) is 0 Å². The summed E-state index contributed by atoms with van der Waals surface area (Å²) in [6.45, 7) is 0. The van der Waals surface area contributed by atoms with Gasteiger partial charge < -0.3 is 0 Å². The first kappa shape index (κ1) is 20.8. The normalized spacial score (nSPS) is 9.33. The van der Waals surface area contributed by atoms with Gasteiger partial charge in [-0.15, -0.1) is 0 Å². The van der Waals surface area contributed by atoms with Crippen LogP contribution < -0.4 is 0 Å². The molecule has 0 atom stereocenters. The molecule has 0 bridgehead atoms. The molecule has 1 heteroatoms. The van der Waals surface area contributed by atoms with Crippen molar-refractivity contribution in [1.29, 1.82) is 0 Å². The number of hydrogen-bond donors (Lipinski definition) is 0. The van der Waals surface area contributed by atoms with Gasteiger partial charge in [-0.1, -0.05) is 127 Å². The van der Waals surface area contributed by atoms with Crippen LogP contribution in [0.4, 0.5) is 0 Å². The summed E-state index contributed by atoms with van der Waals surface area (Å²) in [6.07, 6.45) is 3.50. The molecule has 0 spiro atoms. The van der Waals surface area contributed by atoms with Gasteiger partial charge in [0.25, 0.3) is 0 Å². The van der Waals surface area contributed by atoms with Crippen LogP contribution in [-0.4, -0.2) is 4.98 Å². The second-order valence-corrected chi connectivity index (χ2v) is 6.49. The molecular formula is C29H25N. The van der Waals surface area contributed by atoms with Gasteiger partial charge in [-0.2, -0.15) is 0 Å². The van der Waals surface area contributed by atoms with E-state index in [1.807, 2.05) is 42.5 Å². The SMILES string of the molecule is c1ccc(-c2ccccc2)cc1.c1ccc(-c2ccccc2)cc1.c1ccncc1. The zero-order chi connectivity index (χ0) is 20.7. The Hall–Kier alpha value is -3.97.